The van der Waals surface area contributed by atoms with Crippen molar-refractivity contribution in [3.8, 4) is 0 Å². The van der Waals surface area contributed by atoms with Crippen LogP contribution in [0.2, 0.25) is 0 Å². The van der Waals surface area contributed by atoms with Gasteiger partial charge in [0.05, 0.1) is 13.2 Å². The molecular weight excluding hydrogens is 286 g/mol. The SMILES string of the molecule is CCOC(=O)Nc1cccc(C(=O)NCC(=O)NC(C)C)c1. The molecule has 0 atom stereocenters. The summed E-state index contributed by atoms with van der Waals surface area (Å²) in [5.41, 5.74) is 0.782. The van der Waals surface area contributed by atoms with E-state index in [4.69, 9.17) is 4.74 Å². The number of hydrogen-bond acceptors (Lipinski definition) is 4. The first-order valence-electron chi connectivity index (χ1n) is 7.03. The van der Waals surface area contributed by atoms with Crippen LogP contribution in [-0.4, -0.2) is 37.1 Å². The van der Waals surface area contributed by atoms with Gasteiger partial charge in [-0.15, -0.1) is 0 Å². The Balaban J connectivity index is 2.59. The Morgan fingerprint density at radius 3 is 2.59 bits per heavy atom. The van der Waals surface area contributed by atoms with Crippen molar-refractivity contribution in [2.24, 2.45) is 0 Å². The van der Waals surface area contributed by atoms with E-state index in [-0.39, 0.29) is 25.1 Å². The Hall–Kier alpha value is -2.57. The summed E-state index contributed by atoms with van der Waals surface area (Å²) in [6.45, 7) is 5.53. The Morgan fingerprint density at radius 1 is 1.23 bits per heavy atom. The van der Waals surface area contributed by atoms with Gasteiger partial charge in [-0.3, -0.25) is 14.9 Å². The third-order valence-corrected chi connectivity index (χ3v) is 2.51. The minimum Gasteiger partial charge on any atom is -0.450 e. The van der Waals surface area contributed by atoms with Gasteiger partial charge in [-0.25, -0.2) is 4.79 Å². The summed E-state index contributed by atoms with van der Waals surface area (Å²) in [6, 6.07) is 6.38. The van der Waals surface area contributed by atoms with Crippen LogP contribution in [0.5, 0.6) is 0 Å². The summed E-state index contributed by atoms with van der Waals surface area (Å²) in [6.07, 6.45) is -0.587. The zero-order chi connectivity index (χ0) is 16.5. The molecular formula is C15H21N3O4. The van der Waals surface area contributed by atoms with Crippen molar-refractivity contribution >= 4 is 23.6 Å². The van der Waals surface area contributed by atoms with Gasteiger partial charge in [-0.05, 0) is 39.0 Å². The van der Waals surface area contributed by atoms with Crippen molar-refractivity contribution in [2.45, 2.75) is 26.8 Å². The molecule has 0 fully saturated rings. The van der Waals surface area contributed by atoms with Crippen LogP contribution < -0.4 is 16.0 Å². The van der Waals surface area contributed by atoms with Crippen LogP contribution in [0.1, 0.15) is 31.1 Å². The van der Waals surface area contributed by atoms with Crippen molar-refractivity contribution in [2.75, 3.05) is 18.5 Å². The standard InChI is InChI=1S/C15H21N3O4/c1-4-22-15(21)18-12-7-5-6-11(8-12)14(20)16-9-13(19)17-10(2)3/h5-8,10H,4,9H2,1-3H3,(H,16,20)(H,17,19)(H,18,21). The van der Waals surface area contributed by atoms with Gasteiger partial charge in [-0.2, -0.15) is 0 Å². The van der Waals surface area contributed by atoms with Crippen LogP contribution in [-0.2, 0) is 9.53 Å². The summed E-state index contributed by atoms with van der Waals surface area (Å²) in [4.78, 5) is 34.8. The topological polar surface area (TPSA) is 96.5 Å². The van der Waals surface area contributed by atoms with Crippen LogP contribution >= 0.6 is 0 Å². The maximum absolute atomic E-state index is 12.0. The Kier molecular flexibility index (Phi) is 6.88. The van der Waals surface area contributed by atoms with E-state index in [0.717, 1.165) is 0 Å². The third-order valence-electron chi connectivity index (χ3n) is 2.51. The molecule has 1 aromatic rings. The van der Waals surface area contributed by atoms with Gasteiger partial charge in [0.2, 0.25) is 5.91 Å². The van der Waals surface area contributed by atoms with E-state index in [0.29, 0.717) is 11.3 Å². The molecule has 0 aliphatic rings. The minimum atomic E-state index is -0.587. The number of hydrogen-bond donors (Lipinski definition) is 3. The average molecular weight is 307 g/mol. The maximum Gasteiger partial charge on any atom is 0.411 e. The van der Waals surface area contributed by atoms with E-state index in [1.54, 1.807) is 25.1 Å². The van der Waals surface area contributed by atoms with Crippen LogP contribution in [0.3, 0.4) is 0 Å². The predicted molar refractivity (Wildman–Crippen MR) is 82.7 cm³/mol. The number of nitrogens with one attached hydrogen (secondary N) is 3. The van der Waals surface area contributed by atoms with E-state index in [9.17, 15) is 14.4 Å². The number of ether oxygens (including phenoxy) is 1. The van der Waals surface area contributed by atoms with Crippen LogP contribution in [0.15, 0.2) is 24.3 Å². The molecule has 3 amide bonds. The first-order valence-corrected chi connectivity index (χ1v) is 7.03. The fraction of sp³-hybridized carbons (Fsp3) is 0.400. The normalized spacial score (nSPS) is 10.0. The second-order valence-corrected chi connectivity index (χ2v) is 4.83. The second kappa shape index (κ2) is 8.66. The van der Waals surface area contributed by atoms with E-state index < -0.39 is 12.0 Å². The maximum atomic E-state index is 12.0. The highest BCUT2D eigenvalue weighted by atomic mass is 16.5. The molecule has 7 nitrogen and oxygen atoms in total. The number of amides is 3. The quantitative estimate of drug-likeness (QED) is 0.742. The summed E-state index contributed by atoms with van der Waals surface area (Å²) >= 11 is 0. The zero-order valence-electron chi connectivity index (χ0n) is 12.9. The Morgan fingerprint density at radius 2 is 1.95 bits per heavy atom. The monoisotopic (exact) mass is 307 g/mol. The van der Waals surface area contributed by atoms with Gasteiger partial charge in [0.25, 0.3) is 5.91 Å². The van der Waals surface area contributed by atoms with Gasteiger partial charge in [-0.1, -0.05) is 6.07 Å². The minimum absolute atomic E-state index is 0.0153. The van der Waals surface area contributed by atoms with E-state index >= 15 is 0 Å². The highest BCUT2D eigenvalue weighted by molar-refractivity contribution is 5.98. The zero-order valence-corrected chi connectivity index (χ0v) is 12.9. The number of anilines is 1. The van der Waals surface area contributed by atoms with Crippen molar-refractivity contribution < 1.29 is 19.1 Å². The molecule has 120 valence electrons. The van der Waals surface area contributed by atoms with Gasteiger partial charge >= 0.3 is 6.09 Å². The molecule has 7 heteroatoms. The van der Waals surface area contributed by atoms with Gasteiger partial charge in [0, 0.05) is 17.3 Å². The molecule has 0 radical (unpaired) electrons. The molecule has 0 unspecified atom stereocenters. The highest BCUT2D eigenvalue weighted by Gasteiger charge is 2.10. The first kappa shape index (κ1) is 17.5. The summed E-state index contributed by atoms with van der Waals surface area (Å²) in [5.74, 6) is -0.657. The number of benzene rings is 1. The molecule has 0 saturated carbocycles. The number of carbonyl (C=O) groups excluding carboxylic acids is 3. The lowest BCUT2D eigenvalue weighted by molar-refractivity contribution is -0.120. The summed E-state index contributed by atoms with van der Waals surface area (Å²) in [7, 11) is 0. The molecule has 1 rings (SSSR count). The van der Waals surface area contributed by atoms with Crippen molar-refractivity contribution in [1.29, 1.82) is 0 Å². The fourth-order valence-corrected chi connectivity index (χ4v) is 1.66. The number of carbonyl (C=O) groups is 3. The largest absolute Gasteiger partial charge is 0.450 e. The first-order chi connectivity index (χ1) is 10.4. The Bertz CT molecular complexity index is 543. The van der Waals surface area contributed by atoms with Crippen molar-refractivity contribution in [3.05, 3.63) is 29.8 Å². The molecule has 3 N–H and O–H groups in total. The molecule has 0 aliphatic carbocycles. The molecule has 0 heterocycles. The fourth-order valence-electron chi connectivity index (χ4n) is 1.66. The van der Waals surface area contributed by atoms with Crippen molar-refractivity contribution in [3.63, 3.8) is 0 Å². The average Bonchev–Trinajstić information content (AvgIpc) is 2.44. The molecule has 0 aliphatic heterocycles. The lowest BCUT2D eigenvalue weighted by atomic mass is 10.2. The predicted octanol–water partition coefficient (Wildman–Crippen LogP) is 1.51. The van der Waals surface area contributed by atoms with Crippen LogP contribution in [0.25, 0.3) is 0 Å². The Labute approximate surface area is 129 Å². The molecule has 0 aromatic heterocycles. The summed E-state index contributed by atoms with van der Waals surface area (Å²) in [5, 5.41) is 7.70. The molecule has 0 saturated heterocycles. The van der Waals surface area contributed by atoms with Crippen LogP contribution in [0, 0.1) is 0 Å². The van der Waals surface area contributed by atoms with Gasteiger partial charge < -0.3 is 15.4 Å². The number of rotatable bonds is 6. The molecule has 0 bridgehead atoms. The van der Waals surface area contributed by atoms with Crippen molar-refractivity contribution in [1.82, 2.24) is 10.6 Å². The highest BCUT2D eigenvalue weighted by Crippen LogP contribution is 2.11. The van der Waals surface area contributed by atoms with E-state index in [1.807, 2.05) is 13.8 Å². The van der Waals surface area contributed by atoms with Crippen LogP contribution in [0.4, 0.5) is 10.5 Å². The second-order valence-electron chi connectivity index (χ2n) is 4.83. The molecule has 22 heavy (non-hydrogen) atoms. The van der Waals surface area contributed by atoms with Gasteiger partial charge in [0.1, 0.15) is 0 Å². The van der Waals surface area contributed by atoms with Gasteiger partial charge in [0.15, 0.2) is 0 Å². The lowest BCUT2D eigenvalue weighted by Crippen LogP contribution is -2.39. The van der Waals surface area contributed by atoms with E-state index in [1.165, 1.54) is 6.07 Å². The lowest BCUT2D eigenvalue weighted by Gasteiger charge is -2.10. The molecule has 0 spiro atoms. The third kappa shape index (κ3) is 6.25. The molecule has 1 aromatic carbocycles. The smallest absolute Gasteiger partial charge is 0.411 e. The summed E-state index contributed by atoms with van der Waals surface area (Å²) < 4.78 is 4.76. The van der Waals surface area contributed by atoms with E-state index in [2.05, 4.69) is 16.0 Å².